The van der Waals surface area contributed by atoms with Crippen molar-refractivity contribution in [2.45, 2.75) is 6.61 Å². The van der Waals surface area contributed by atoms with Crippen LogP contribution >= 0.6 is 0 Å². The van der Waals surface area contributed by atoms with E-state index < -0.39 is 7.12 Å². The fourth-order valence-electron chi connectivity index (χ4n) is 2.22. The predicted molar refractivity (Wildman–Crippen MR) is 76.6 cm³/mol. The Morgan fingerprint density at radius 2 is 2.10 bits per heavy atom. The summed E-state index contributed by atoms with van der Waals surface area (Å²) >= 11 is 0. The van der Waals surface area contributed by atoms with Crippen LogP contribution in [0.2, 0.25) is 0 Å². The molecule has 3 rings (SSSR count). The van der Waals surface area contributed by atoms with Gasteiger partial charge in [-0.05, 0) is 35.3 Å². The molecule has 0 radical (unpaired) electrons. The van der Waals surface area contributed by atoms with Crippen molar-refractivity contribution < 1.29 is 19.2 Å². The van der Waals surface area contributed by atoms with E-state index in [-0.39, 0.29) is 0 Å². The lowest BCUT2D eigenvalue weighted by Crippen LogP contribution is -2.27. The second-order valence-corrected chi connectivity index (χ2v) is 4.60. The van der Waals surface area contributed by atoms with Crippen LogP contribution in [0.3, 0.4) is 0 Å². The second-order valence-electron chi connectivity index (χ2n) is 4.60. The van der Waals surface area contributed by atoms with Gasteiger partial charge >= 0.3 is 7.12 Å². The van der Waals surface area contributed by atoms with E-state index in [1.165, 1.54) is 7.11 Å². The average Bonchev–Trinajstić information content (AvgIpc) is 2.88. The van der Waals surface area contributed by atoms with Gasteiger partial charge in [0.15, 0.2) is 11.5 Å². The Kier molecular flexibility index (Phi) is 3.52. The summed E-state index contributed by atoms with van der Waals surface area (Å²) in [6.07, 6.45) is 0. The summed E-state index contributed by atoms with van der Waals surface area (Å²) < 4.78 is 16.2. The van der Waals surface area contributed by atoms with Gasteiger partial charge in [0, 0.05) is 6.07 Å². The molecule has 0 amide bonds. The zero-order valence-electron chi connectivity index (χ0n) is 11.4. The van der Waals surface area contributed by atoms with E-state index in [2.05, 4.69) is 6.07 Å². The molecule has 2 aromatic carbocycles. The topological polar surface area (TPSA) is 71.7 Å². The number of hydrogen-bond acceptors (Lipinski definition) is 5. The normalized spacial score (nSPS) is 12.7. The molecule has 1 N–H and O–H groups in total. The van der Waals surface area contributed by atoms with Crippen molar-refractivity contribution in [2.75, 3.05) is 7.11 Å². The summed E-state index contributed by atoms with van der Waals surface area (Å²) in [5.74, 6) is 1.64. The molecule has 5 nitrogen and oxygen atoms in total. The molecular weight excluding hydrogens is 269 g/mol. The van der Waals surface area contributed by atoms with Crippen LogP contribution < -0.4 is 14.9 Å². The first kappa shape index (κ1) is 13.5. The number of rotatable bonds is 3. The third-order valence-corrected chi connectivity index (χ3v) is 3.30. The SMILES string of the molecule is COc1cc(C#N)ccc1Oc1ccc2c(c1)COB2O. The Hall–Kier alpha value is -2.49. The van der Waals surface area contributed by atoms with Gasteiger partial charge in [0.25, 0.3) is 0 Å². The Labute approximate surface area is 122 Å². The minimum atomic E-state index is -0.863. The first-order chi connectivity index (χ1) is 10.2. The zero-order valence-corrected chi connectivity index (χ0v) is 11.4. The number of methoxy groups -OCH3 is 1. The molecule has 0 unspecified atom stereocenters. The van der Waals surface area contributed by atoms with E-state index in [4.69, 9.17) is 19.4 Å². The van der Waals surface area contributed by atoms with Crippen molar-refractivity contribution in [3.63, 3.8) is 0 Å². The van der Waals surface area contributed by atoms with Crippen LogP contribution in [-0.2, 0) is 11.3 Å². The minimum Gasteiger partial charge on any atom is -0.493 e. The lowest BCUT2D eigenvalue weighted by Gasteiger charge is -2.11. The van der Waals surface area contributed by atoms with Gasteiger partial charge in [-0.15, -0.1) is 0 Å². The fraction of sp³-hybridized carbons (Fsp3) is 0.133. The van der Waals surface area contributed by atoms with E-state index in [1.807, 2.05) is 6.07 Å². The first-order valence-electron chi connectivity index (χ1n) is 6.40. The van der Waals surface area contributed by atoms with Crippen LogP contribution in [0.5, 0.6) is 17.2 Å². The second kappa shape index (κ2) is 5.48. The average molecular weight is 281 g/mol. The molecule has 0 aromatic heterocycles. The number of ether oxygens (including phenoxy) is 2. The van der Waals surface area contributed by atoms with Gasteiger partial charge in [0.2, 0.25) is 0 Å². The Morgan fingerprint density at radius 1 is 1.24 bits per heavy atom. The molecule has 1 aliphatic heterocycles. The van der Waals surface area contributed by atoms with Crippen LogP contribution in [0.25, 0.3) is 0 Å². The summed E-state index contributed by atoms with van der Waals surface area (Å²) in [5, 5.41) is 18.5. The van der Waals surface area contributed by atoms with Crippen molar-refractivity contribution in [1.29, 1.82) is 5.26 Å². The third-order valence-electron chi connectivity index (χ3n) is 3.30. The van der Waals surface area contributed by atoms with E-state index in [0.29, 0.717) is 29.4 Å². The monoisotopic (exact) mass is 281 g/mol. The quantitative estimate of drug-likeness (QED) is 0.865. The maximum Gasteiger partial charge on any atom is 0.491 e. The Balaban J connectivity index is 1.89. The zero-order chi connectivity index (χ0) is 14.8. The van der Waals surface area contributed by atoms with Crippen molar-refractivity contribution in [3.05, 3.63) is 47.5 Å². The third kappa shape index (κ3) is 2.57. The van der Waals surface area contributed by atoms with Gasteiger partial charge < -0.3 is 19.2 Å². The molecule has 0 saturated carbocycles. The van der Waals surface area contributed by atoms with E-state index in [1.54, 1.807) is 30.3 Å². The molecule has 0 saturated heterocycles. The molecule has 1 heterocycles. The molecule has 0 fully saturated rings. The van der Waals surface area contributed by atoms with Gasteiger partial charge in [-0.1, -0.05) is 6.07 Å². The predicted octanol–water partition coefficient (Wildman–Crippen LogP) is 1.58. The van der Waals surface area contributed by atoms with E-state index in [0.717, 1.165) is 11.0 Å². The Bertz CT molecular complexity index is 726. The van der Waals surface area contributed by atoms with Crippen LogP contribution in [-0.4, -0.2) is 19.3 Å². The van der Waals surface area contributed by atoms with Crippen molar-refractivity contribution >= 4 is 12.6 Å². The van der Waals surface area contributed by atoms with Crippen molar-refractivity contribution in [1.82, 2.24) is 0 Å². The molecule has 2 aromatic rings. The number of hydrogen-bond donors (Lipinski definition) is 1. The van der Waals surface area contributed by atoms with Gasteiger partial charge in [-0.3, -0.25) is 0 Å². The van der Waals surface area contributed by atoms with Crippen LogP contribution in [0, 0.1) is 11.3 Å². The van der Waals surface area contributed by atoms with Crippen LogP contribution in [0.1, 0.15) is 11.1 Å². The largest absolute Gasteiger partial charge is 0.493 e. The lowest BCUT2D eigenvalue weighted by molar-refractivity contribution is 0.275. The molecule has 1 aliphatic rings. The first-order valence-corrected chi connectivity index (χ1v) is 6.40. The van der Waals surface area contributed by atoms with Gasteiger partial charge in [0.05, 0.1) is 25.3 Å². The summed E-state index contributed by atoms with van der Waals surface area (Å²) in [4.78, 5) is 0. The summed E-state index contributed by atoms with van der Waals surface area (Å²) in [6, 6.07) is 12.4. The van der Waals surface area contributed by atoms with E-state index >= 15 is 0 Å². The maximum atomic E-state index is 9.59. The summed E-state index contributed by atoms with van der Waals surface area (Å²) in [5.41, 5.74) is 2.16. The Morgan fingerprint density at radius 3 is 2.86 bits per heavy atom. The highest BCUT2D eigenvalue weighted by Crippen LogP contribution is 2.32. The molecule has 0 atom stereocenters. The smallest absolute Gasteiger partial charge is 0.491 e. The summed E-state index contributed by atoms with van der Waals surface area (Å²) in [6.45, 7) is 0.359. The maximum absolute atomic E-state index is 9.59. The number of nitrogens with zero attached hydrogens (tertiary/aromatic N) is 1. The van der Waals surface area contributed by atoms with E-state index in [9.17, 15) is 5.02 Å². The fourth-order valence-corrected chi connectivity index (χ4v) is 2.22. The molecule has 21 heavy (non-hydrogen) atoms. The van der Waals surface area contributed by atoms with Crippen LogP contribution in [0.15, 0.2) is 36.4 Å². The van der Waals surface area contributed by atoms with Gasteiger partial charge in [-0.2, -0.15) is 5.26 Å². The molecular formula is C15H12BNO4. The highest BCUT2D eigenvalue weighted by atomic mass is 16.5. The lowest BCUT2D eigenvalue weighted by atomic mass is 9.80. The van der Waals surface area contributed by atoms with Crippen molar-refractivity contribution in [3.8, 4) is 23.3 Å². The standard InChI is InChI=1S/C15H12BNO4/c1-19-15-6-10(8-17)2-5-14(15)21-12-3-4-13-11(7-12)9-20-16(13)18/h2-7,18H,9H2,1H3. The number of nitriles is 1. The van der Waals surface area contributed by atoms with Crippen molar-refractivity contribution in [2.24, 2.45) is 0 Å². The number of fused-ring (bicyclic) bond motifs is 1. The highest BCUT2D eigenvalue weighted by Gasteiger charge is 2.27. The molecule has 104 valence electrons. The molecule has 6 heteroatoms. The molecule has 0 bridgehead atoms. The van der Waals surface area contributed by atoms with Gasteiger partial charge in [-0.25, -0.2) is 0 Å². The molecule has 0 aliphatic carbocycles. The molecule has 0 spiro atoms. The number of benzene rings is 2. The highest BCUT2D eigenvalue weighted by molar-refractivity contribution is 6.61. The van der Waals surface area contributed by atoms with Crippen LogP contribution in [0.4, 0.5) is 0 Å². The minimum absolute atomic E-state index is 0.359. The van der Waals surface area contributed by atoms with Gasteiger partial charge in [0.1, 0.15) is 5.75 Å². The summed E-state index contributed by atoms with van der Waals surface area (Å²) in [7, 11) is 0.662.